The Balaban J connectivity index is 1.79. The van der Waals surface area contributed by atoms with Crippen molar-refractivity contribution >= 4 is 21.6 Å². The maximum Gasteiger partial charge on any atom is 0.516 e. The van der Waals surface area contributed by atoms with Gasteiger partial charge < -0.3 is 4.90 Å². The predicted molar refractivity (Wildman–Crippen MR) is 94.9 cm³/mol. The summed E-state index contributed by atoms with van der Waals surface area (Å²) in [6, 6.07) is 5.69. The van der Waals surface area contributed by atoms with E-state index in [1.54, 1.807) is 0 Å². The van der Waals surface area contributed by atoms with Crippen LogP contribution >= 0.6 is 0 Å². The van der Waals surface area contributed by atoms with Crippen LogP contribution in [0.25, 0.3) is 0 Å². The van der Waals surface area contributed by atoms with Gasteiger partial charge in [-0.1, -0.05) is 12.1 Å². The van der Waals surface area contributed by atoms with Gasteiger partial charge in [0.05, 0.1) is 11.1 Å². The molecule has 1 amide bonds. The molecule has 0 aliphatic carbocycles. The fraction of sp³-hybridized carbons (Fsp3) is 0.278. The van der Waals surface area contributed by atoms with E-state index in [0.717, 1.165) is 17.0 Å². The van der Waals surface area contributed by atoms with Gasteiger partial charge in [-0.15, -0.1) is 0 Å². The molecule has 2 aromatic rings. The van der Waals surface area contributed by atoms with Crippen LogP contribution in [0.2, 0.25) is 0 Å². The van der Waals surface area contributed by atoms with Crippen molar-refractivity contribution in [3.8, 4) is 0 Å². The van der Waals surface area contributed by atoms with Crippen LogP contribution in [-0.2, 0) is 29.2 Å². The molecular weight excluding hydrogens is 457 g/mol. The van der Waals surface area contributed by atoms with Gasteiger partial charge in [0.25, 0.3) is 5.91 Å². The van der Waals surface area contributed by atoms with Gasteiger partial charge in [0.15, 0.2) is 0 Å². The quantitative estimate of drug-likeness (QED) is 0.678. The molecule has 0 saturated carbocycles. The average molecular weight is 470 g/mol. The van der Waals surface area contributed by atoms with E-state index < -0.39 is 50.1 Å². The molecule has 5 nitrogen and oxygen atoms in total. The summed E-state index contributed by atoms with van der Waals surface area (Å²) in [7, 11) is -5.60. The lowest BCUT2D eigenvalue weighted by molar-refractivity contribution is -0.138. The lowest BCUT2D eigenvalue weighted by Gasteiger charge is -2.30. The molecule has 1 N–H and O–H groups in total. The van der Waals surface area contributed by atoms with Crippen molar-refractivity contribution in [1.82, 2.24) is 4.90 Å². The van der Waals surface area contributed by atoms with Crippen LogP contribution in [0.15, 0.2) is 36.4 Å². The molecule has 0 fully saturated rings. The molecule has 13 heteroatoms. The van der Waals surface area contributed by atoms with Gasteiger partial charge in [0.2, 0.25) is 0 Å². The van der Waals surface area contributed by atoms with Gasteiger partial charge in [0.1, 0.15) is 5.82 Å². The fourth-order valence-electron chi connectivity index (χ4n) is 3.14. The van der Waals surface area contributed by atoms with E-state index in [1.165, 1.54) is 16.9 Å². The zero-order chi connectivity index (χ0) is 23.2. The summed E-state index contributed by atoms with van der Waals surface area (Å²) in [5, 5.41) is 0. The second-order valence-corrected chi connectivity index (χ2v) is 8.35. The van der Waals surface area contributed by atoms with Crippen LogP contribution in [0.3, 0.4) is 0 Å². The van der Waals surface area contributed by atoms with Crippen LogP contribution in [0, 0.1) is 5.82 Å². The lowest BCUT2D eigenvalue weighted by Crippen LogP contribution is -2.38. The number of carbonyl (C=O) groups excluding carboxylic acids is 1. The van der Waals surface area contributed by atoms with Gasteiger partial charge in [-0.3, -0.25) is 9.52 Å². The number of anilines is 1. The Bertz CT molecular complexity index is 1110. The molecule has 0 saturated heterocycles. The third kappa shape index (κ3) is 4.60. The number of hydrogen-bond donors (Lipinski definition) is 1. The van der Waals surface area contributed by atoms with Crippen molar-refractivity contribution in [2.45, 2.75) is 24.7 Å². The highest BCUT2D eigenvalue weighted by Gasteiger charge is 2.46. The number of fused-ring (bicyclic) bond motifs is 1. The summed E-state index contributed by atoms with van der Waals surface area (Å²) in [4.78, 5) is 13.7. The molecule has 2 aromatic carbocycles. The molecule has 0 atom stereocenters. The minimum absolute atomic E-state index is 0.138. The van der Waals surface area contributed by atoms with Crippen molar-refractivity contribution in [1.29, 1.82) is 0 Å². The van der Waals surface area contributed by atoms with Crippen molar-refractivity contribution < 1.29 is 43.9 Å². The normalized spacial score (nSPS) is 15.1. The molecule has 168 valence electrons. The highest BCUT2D eigenvalue weighted by Crippen LogP contribution is 2.37. The molecule has 0 radical (unpaired) electrons. The van der Waals surface area contributed by atoms with E-state index in [4.69, 9.17) is 0 Å². The van der Waals surface area contributed by atoms with Crippen LogP contribution in [0.5, 0.6) is 0 Å². The standard InChI is InChI=1S/C18H13F7N2O3S/c19-14-6-5-13(17(20,21)22)12-7-8-27(16(28)15(12)14)9-10-1-3-11(4-2-10)26-31(29,30)18(23,24)25/h1-6,26H,7-9H2. The average Bonchev–Trinajstić information content (AvgIpc) is 2.63. The van der Waals surface area contributed by atoms with Crippen molar-refractivity contribution in [3.63, 3.8) is 0 Å². The zero-order valence-electron chi connectivity index (χ0n) is 15.3. The largest absolute Gasteiger partial charge is 0.516 e. The molecular formula is C18H13F7N2O3S. The van der Waals surface area contributed by atoms with Crippen molar-refractivity contribution in [2.75, 3.05) is 11.3 Å². The molecule has 0 aromatic heterocycles. The summed E-state index contributed by atoms with van der Waals surface area (Å²) >= 11 is 0. The number of hydrogen-bond acceptors (Lipinski definition) is 3. The Morgan fingerprint density at radius 3 is 2.13 bits per heavy atom. The zero-order valence-corrected chi connectivity index (χ0v) is 16.1. The number of nitrogens with one attached hydrogen (secondary N) is 1. The molecule has 1 aliphatic rings. The first-order valence-corrected chi connectivity index (χ1v) is 10.0. The second-order valence-electron chi connectivity index (χ2n) is 6.67. The maximum atomic E-state index is 14.1. The van der Waals surface area contributed by atoms with Gasteiger partial charge >= 0.3 is 21.7 Å². The van der Waals surface area contributed by atoms with Gasteiger partial charge in [-0.25, -0.2) is 4.39 Å². The first-order chi connectivity index (χ1) is 14.2. The Hall–Kier alpha value is -2.83. The highest BCUT2D eigenvalue weighted by atomic mass is 32.2. The van der Waals surface area contributed by atoms with Gasteiger partial charge in [-0.2, -0.15) is 34.8 Å². The highest BCUT2D eigenvalue weighted by molar-refractivity contribution is 7.93. The molecule has 1 heterocycles. The van der Waals surface area contributed by atoms with Crippen LogP contribution in [0.4, 0.5) is 36.4 Å². The summed E-state index contributed by atoms with van der Waals surface area (Å²) in [6.07, 6.45) is -4.99. The van der Waals surface area contributed by atoms with E-state index in [9.17, 15) is 43.9 Å². The minimum Gasteiger partial charge on any atom is -0.334 e. The number of sulfonamides is 1. The summed E-state index contributed by atoms with van der Waals surface area (Å²) in [6.45, 7) is -0.304. The van der Waals surface area contributed by atoms with Gasteiger partial charge in [0, 0.05) is 18.8 Å². The first kappa shape index (κ1) is 22.8. The number of halogens is 7. The van der Waals surface area contributed by atoms with Crippen molar-refractivity contribution in [3.05, 3.63) is 64.5 Å². The van der Waals surface area contributed by atoms with E-state index >= 15 is 0 Å². The number of amides is 1. The number of nitrogens with zero attached hydrogens (tertiary/aromatic N) is 1. The molecule has 31 heavy (non-hydrogen) atoms. The number of benzene rings is 2. The van der Waals surface area contributed by atoms with Crippen LogP contribution < -0.4 is 4.72 Å². The Morgan fingerprint density at radius 1 is 0.968 bits per heavy atom. The maximum absolute atomic E-state index is 14.1. The first-order valence-electron chi connectivity index (χ1n) is 8.56. The predicted octanol–water partition coefficient (Wildman–Crippen LogP) is 4.30. The van der Waals surface area contributed by atoms with E-state index in [1.807, 2.05) is 0 Å². The third-order valence-electron chi connectivity index (χ3n) is 4.58. The van der Waals surface area contributed by atoms with Crippen LogP contribution in [0.1, 0.15) is 27.0 Å². The number of rotatable bonds is 4. The molecule has 0 spiro atoms. The molecule has 1 aliphatic heterocycles. The third-order valence-corrected chi connectivity index (χ3v) is 5.70. The number of alkyl halides is 6. The summed E-state index contributed by atoms with van der Waals surface area (Å²) in [5.74, 6) is -2.04. The Labute approximate surface area is 171 Å². The van der Waals surface area contributed by atoms with Crippen molar-refractivity contribution in [2.24, 2.45) is 0 Å². The van der Waals surface area contributed by atoms with Gasteiger partial charge in [-0.05, 0) is 41.8 Å². The molecule has 0 unspecified atom stereocenters. The van der Waals surface area contributed by atoms with E-state index in [-0.39, 0.29) is 25.2 Å². The second kappa shape index (κ2) is 7.70. The monoisotopic (exact) mass is 470 g/mol. The fourth-order valence-corrected chi connectivity index (χ4v) is 3.71. The van der Waals surface area contributed by atoms with Crippen LogP contribution in [-0.4, -0.2) is 31.3 Å². The summed E-state index contributed by atoms with van der Waals surface area (Å²) in [5.41, 5.74) is -7.71. The smallest absolute Gasteiger partial charge is 0.334 e. The summed E-state index contributed by atoms with van der Waals surface area (Å²) < 4.78 is 114. The SMILES string of the molecule is O=C1c2c(F)ccc(C(F)(F)F)c2CCN1Cc1ccc(NS(=O)(=O)C(F)(F)F)cc1. The Morgan fingerprint density at radius 2 is 1.58 bits per heavy atom. The lowest BCUT2D eigenvalue weighted by atomic mass is 9.92. The Kier molecular flexibility index (Phi) is 5.67. The minimum atomic E-state index is -5.60. The topological polar surface area (TPSA) is 66.5 Å². The molecule has 0 bridgehead atoms. The van der Waals surface area contributed by atoms with E-state index in [0.29, 0.717) is 17.7 Å². The molecule has 3 rings (SSSR count). The number of carbonyl (C=O) groups is 1. The van der Waals surface area contributed by atoms with E-state index in [2.05, 4.69) is 0 Å².